The summed E-state index contributed by atoms with van der Waals surface area (Å²) in [5.74, 6) is 0. The average molecular weight is 276 g/mol. The molecule has 15 heavy (non-hydrogen) atoms. The minimum atomic E-state index is -4.34. The summed E-state index contributed by atoms with van der Waals surface area (Å²) in [6.07, 6.45) is -2.87. The van der Waals surface area contributed by atoms with Crippen LogP contribution in [-0.4, -0.2) is 4.98 Å². The van der Waals surface area contributed by atoms with Crippen molar-refractivity contribution in [1.82, 2.24) is 4.98 Å². The Morgan fingerprint density at radius 2 is 1.93 bits per heavy atom. The van der Waals surface area contributed by atoms with Crippen LogP contribution in [0.25, 0.3) is 10.9 Å². The third-order valence-corrected chi connectivity index (χ3v) is 2.65. The molecule has 1 aromatic heterocycles. The van der Waals surface area contributed by atoms with Crippen LogP contribution in [0.4, 0.5) is 13.2 Å². The van der Waals surface area contributed by atoms with E-state index in [9.17, 15) is 13.2 Å². The van der Waals surface area contributed by atoms with Gasteiger partial charge in [0, 0.05) is 16.1 Å². The van der Waals surface area contributed by atoms with Gasteiger partial charge in [-0.2, -0.15) is 13.2 Å². The first-order chi connectivity index (χ1) is 6.98. The van der Waals surface area contributed by atoms with Crippen LogP contribution in [0.2, 0.25) is 0 Å². The number of rotatable bonds is 0. The van der Waals surface area contributed by atoms with Gasteiger partial charge in [-0.3, -0.25) is 4.98 Å². The molecule has 0 aliphatic rings. The average Bonchev–Trinajstić information content (AvgIpc) is 2.16. The Morgan fingerprint density at radius 1 is 1.20 bits per heavy atom. The Hall–Kier alpha value is -1.10. The molecule has 0 radical (unpaired) electrons. The molecule has 0 atom stereocenters. The zero-order chi connectivity index (χ0) is 11.1. The molecular formula is C10H5BrF3N. The van der Waals surface area contributed by atoms with Crippen molar-refractivity contribution in [3.05, 3.63) is 40.5 Å². The van der Waals surface area contributed by atoms with Crippen molar-refractivity contribution in [3.8, 4) is 0 Å². The topological polar surface area (TPSA) is 12.9 Å². The Morgan fingerprint density at radius 3 is 2.60 bits per heavy atom. The molecule has 5 heteroatoms. The Labute approximate surface area is 92.1 Å². The fourth-order valence-electron chi connectivity index (χ4n) is 1.30. The second-order valence-electron chi connectivity index (χ2n) is 3.03. The lowest BCUT2D eigenvalue weighted by molar-refractivity contribution is -0.137. The largest absolute Gasteiger partial charge is 0.416 e. The molecule has 0 unspecified atom stereocenters. The molecule has 0 aliphatic heterocycles. The number of aromatic nitrogens is 1. The van der Waals surface area contributed by atoms with Gasteiger partial charge in [-0.1, -0.05) is 22.0 Å². The van der Waals surface area contributed by atoms with Gasteiger partial charge >= 0.3 is 6.18 Å². The number of halogens is 4. The lowest BCUT2D eigenvalue weighted by Crippen LogP contribution is -2.04. The van der Waals surface area contributed by atoms with E-state index < -0.39 is 11.7 Å². The third kappa shape index (κ3) is 1.97. The summed E-state index contributed by atoms with van der Waals surface area (Å²) in [5, 5.41) is 0.672. The summed E-state index contributed by atoms with van der Waals surface area (Å²) in [4.78, 5) is 3.89. The fourth-order valence-corrected chi connectivity index (χ4v) is 1.88. The Kier molecular flexibility index (Phi) is 2.42. The van der Waals surface area contributed by atoms with Gasteiger partial charge < -0.3 is 0 Å². The first kappa shape index (κ1) is 10.4. The van der Waals surface area contributed by atoms with E-state index in [4.69, 9.17) is 0 Å². The van der Waals surface area contributed by atoms with Crippen molar-refractivity contribution in [1.29, 1.82) is 0 Å². The maximum Gasteiger partial charge on any atom is 0.416 e. The molecule has 78 valence electrons. The van der Waals surface area contributed by atoms with Crippen molar-refractivity contribution in [2.24, 2.45) is 0 Å². The van der Waals surface area contributed by atoms with E-state index in [0.717, 1.165) is 12.1 Å². The van der Waals surface area contributed by atoms with Gasteiger partial charge in [0.2, 0.25) is 0 Å². The lowest BCUT2D eigenvalue weighted by atomic mass is 10.1. The minimum Gasteiger partial charge on any atom is -0.256 e. The Balaban J connectivity index is 2.73. The molecule has 0 bridgehead atoms. The molecule has 2 aromatic rings. The lowest BCUT2D eigenvalue weighted by Gasteiger charge is -2.08. The first-order valence-corrected chi connectivity index (χ1v) is 4.89. The summed E-state index contributed by atoms with van der Waals surface area (Å²) in [6, 6.07) is 5.50. The number of hydrogen-bond donors (Lipinski definition) is 0. The predicted molar refractivity (Wildman–Crippen MR) is 54.4 cm³/mol. The molecule has 2 rings (SSSR count). The smallest absolute Gasteiger partial charge is 0.256 e. The van der Waals surface area contributed by atoms with Gasteiger partial charge in [0.15, 0.2) is 0 Å². The van der Waals surface area contributed by atoms with E-state index in [1.807, 2.05) is 0 Å². The van der Waals surface area contributed by atoms with Crippen LogP contribution >= 0.6 is 15.9 Å². The number of alkyl halides is 3. The van der Waals surface area contributed by atoms with Crippen LogP contribution in [0.15, 0.2) is 34.9 Å². The first-order valence-electron chi connectivity index (χ1n) is 4.10. The van der Waals surface area contributed by atoms with Crippen LogP contribution in [0, 0.1) is 0 Å². The zero-order valence-corrected chi connectivity index (χ0v) is 8.93. The van der Waals surface area contributed by atoms with Crippen molar-refractivity contribution < 1.29 is 13.2 Å². The second-order valence-corrected chi connectivity index (χ2v) is 3.88. The summed E-state index contributed by atoms with van der Waals surface area (Å²) in [5.41, 5.74) is -0.361. The highest BCUT2D eigenvalue weighted by Gasteiger charge is 2.31. The summed E-state index contributed by atoms with van der Waals surface area (Å²) in [7, 11) is 0. The van der Waals surface area contributed by atoms with E-state index in [1.54, 1.807) is 12.1 Å². The normalized spacial score (nSPS) is 12.0. The van der Waals surface area contributed by atoms with Crippen LogP contribution in [-0.2, 0) is 6.18 Å². The second kappa shape index (κ2) is 3.48. The zero-order valence-electron chi connectivity index (χ0n) is 7.35. The third-order valence-electron chi connectivity index (χ3n) is 2.00. The molecule has 0 spiro atoms. The van der Waals surface area contributed by atoms with Crippen LogP contribution < -0.4 is 0 Å². The van der Waals surface area contributed by atoms with Crippen molar-refractivity contribution in [2.75, 3.05) is 0 Å². The molecule has 1 heterocycles. The highest BCUT2D eigenvalue weighted by atomic mass is 79.9. The Bertz CT molecular complexity index is 507. The molecule has 0 saturated heterocycles. The SMILES string of the molecule is FC(F)(F)c1cc(Br)c2cccnc2c1. The summed E-state index contributed by atoms with van der Waals surface area (Å²) < 4.78 is 37.7. The summed E-state index contributed by atoms with van der Waals surface area (Å²) in [6.45, 7) is 0. The molecule has 0 fully saturated rings. The van der Waals surface area contributed by atoms with Crippen molar-refractivity contribution >= 4 is 26.8 Å². The van der Waals surface area contributed by atoms with Gasteiger partial charge in [0.25, 0.3) is 0 Å². The highest BCUT2D eigenvalue weighted by Crippen LogP contribution is 2.34. The fraction of sp³-hybridized carbons (Fsp3) is 0.100. The number of pyridine rings is 1. The summed E-state index contributed by atoms with van der Waals surface area (Å²) >= 11 is 3.10. The van der Waals surface area contributed by atoms with E-state index in [0.29, 0.717) is 15.4 Å². The van der Waals surface area contributed by atoms with Crippen molar-refractivity contribution in [3.63, 3.8) is 0 Å². The number of nitrogens with zero attached hydrogens (tertiary/aromatic N) is 1. The van der Waals surface area contributed by atoms with Gasteiger partial charge in [-0.15, -0.1) is 0 Å². The van der Waals surface area contributed by atoms with Gasteiger partial charge in [0.05, 0.1) is 11.1 Å². The molecule has 0 amide bonds. The molecule has 0 saturated carbocycles. The molecule has 1 nitrogen and oxygen atoms in total. The molecule has 0 aliphatic carbocycles. The number of hydrogen-bond acceptors (Lipinski definition) is 1. The molecule has 1 aromatic carbocycles. The maximum absolute atomic E-state index is 12.4. The van der Waals surface area contributed by atoms with E-state index in [-0.39, 0.29) is 0 Å². The monoisotopic (exact) mass is 275 g/mol. The number of benzene rings is 1. The highest BCUT2D eigenvalue weighted by molar-refractivity contribution is 9.10. The van der Waals surface area contributed by atoms with E-state index in [2.05, 4.69) is 20.9 Å². The predicted octanol–water partition coefficient (Wildman–Crippen LogP) is 4.02. The van der Waals surface area contributed by atoms with E-state index in [1.165, 1.54) is 6.20 Å². The standard InChI is InChI=1S/C10H5BrF3N/c11-8-4-6(10(12,13)14)5-9-7(8)2-1-3-15-9/h1-5H. The maximum atomic E-state index is 12.4. The van der Waals surface area contributed by atoms with Crippen LogP contribution in [0.3, 0.4) is 0 Å². The van der Waals surface area contributed by atoms with Crippen molar-refractivity contribution in [2.45, 2.75) is 6.18 Å². The quantitative estimate of drug-likeness (QED) is 0.708. The van der Waals surface area contributed by atoms with Crippen LogP contribution in [0.5, 0.6) is 0 Å². The minimum absolute atomic E-state index is 0.333. The van der Waals surface area contributed by atoms with Crippen LogP contribution in [0.1, 0.15) is 5.56 Å². The van der Waals surface area contributed by atoms with Gasteiger partial charge in [-0.25, -0.2) is 0 Å². The number of fused-ring (bicyclic) bond motifs is 1. The molecular weight excluding hydrogens is 271 g/mol. The van der Waals surface area contributed by atoms with Gasteiger partial charge in [0.1, 0.15) is 0 Å². The molecule has 0 N–H and O–H groups in total. The van der Waals surface area contributed by atoms with E-state index >= 15 is 0 Å². The van der Waals surface area contributed by atoms with Gasteiger partial charge in [-0.05, 0) is 18.2 Å².